The zero-order valence-corrected chi connectivity index (χ0v) is 14.3. The highest BCUT2D eigenvalue weighted by molar-refractivity contribution is 6.47. The molecule has 6 heteroatoms. The Labute approximate surface area is 136 Å². The van der Waals surface area contributed by atoms with Gasteiger partial charge in [0.1, 0.15) is 0 Å². The molecule has 0 aromatic heterocycles. The lowest BCUT2D eigenvalue weighted by Crippen LogP contribution is -2.41. The molecule has 2 nitrogen and oxygen atoms in total. The van der Waals surface area contributed by atoms with Crippen LogP contribution in [0.4, 0.5) is 13.2 Å². The second-order valence-electron chi connectivity index (χ2n) is 7.14. The highest BCUT2D eigenvalue weighted by Gasteiger charge is 2.53. The lowest BCUT2D eigenvalue weighted by Gasteiger charge is -2.32. The van der Waals surface area contributed by atoms with E-state index in [1.807, 2.05) is 34.6 Å². The molecule has 0 radical (unpaired) electrons. The van der Waals surface area contributed by atoms with E-state index in [4.69, 9.17) is 9.31 Å². The minimum atomic E-state index is -4.34. The lowest BCUT2D eigenvalue weighted by molar-refractivity contribution is -0.137. The molecule has 1 fully saturated rings. The Kier molecular flexibility index (Phi) is 4.89. The van der Waals surface area contributed by atoms with Gasteiger partial charge in [0.15, 0.2) is 0 Å². The van der Waals surface area contributed by atoms with Gasteiger partial charge in [-0.05, 0) is 45.7 Å². The van der Waals surface area contributed by atoms with Crippen molar-refractivity contribution in [2.45, 2.75) is 70.7 Å². The standard InChI is InChI=1S/C17H24BF3O2/c1-6-8-14(18-22-15(2,3)16(4,5)23-18)12-9-7-10-13(11-12)17(19,20)21/h7,9-11,14H,6,8H2,1-5H3/t14-/m0/s1. The molecule has 0 unspecified atom stereocenters. The van der Waals surface area contributed by atoms with Crippen molar-refractivity contribution in [3.8, 4) is 0 Å². The summed E-state index contributed by atoms with van der Waals surface area (Å²) in [5, 5.41) is 0. The fourth-order valence-corrected chi connectivity index (χ4v) is 2.77. The monoisotopic (exact) mass is 328 g/mol. The molecule has 0 amide bonds. The van der Waals surface area contributed by atoms with Gasteiger partial charge in [0.2, 0.25) is 0 Å². The van der Waals surface area contributed by atoms with Crippen LogP contribution in [0.15, 0.2) is 24.3 Å². The quantitative estimate of drug-likeness (QED) is 0.706. The zero-order valence-electron chi connectivity index (χ0n) is 14.3. The normalized spacial score (nSPS) is 21.5. The summed E-state index contributed by atoms with van der Waals surface area (Å²) in [4.78, 5) is 0. The maximum atomic E-state index is 13.0. The Morgan fingerprint density at radius 1 is 1.09 bits per heavy atom. The van der Waals surface area contributed by atoms with Gasteiger partial charge in [-0.2, -0.15) is 13.2 Å². The van der Waals surface area contributed by atoms with E-state index in [9.17, 15) is 13.2 Å². The maximum Gasteiger partial charge on any atom is 0.465 e. The molecule has 1 aromatic carbocycles. The fraction of sp³-hybridized carbons (Fsp3) is 0.647. The summed E-state index contributed by atoms with van der Waals surface area (Å²) < 4.78 is 51.0. The second kappa shape index (κ2) is 6.13. The van der Waals surface area contributed by atoms with Crippen molar-refractivity contribution in [2.24, 2.45) is 0 Å². The molecule has 1 heterocycles. The van der Waals surface area contributed by atoms with Crippen molar-refractivity contribution in [3.63, 3.8) is 0 Å². The average molecular weight is 328 g/mol. The van der Waals surface area contributed by atoms with Crippen LogP contribution in [-0.4, -0.2) is 18.3 Å². The van der Waals surface area contributed by atoms with Crippen LogP contribution < -0.4 is 0 Å². The Morgan fingerprint density at radius 2 is 1.65 bits per heavy atom. The number of alkyl halides is 3. The summed E-state index contributed by atoms with van der Waals surface area (Å²) in [6.45, 7) is 9.79. The van der Waals surface area contributed by atoms with Gasteiger partial charge >= 0.3 is 13.3 Å². The van der Waals surface area contributed by atoms with Crippen LogP contribution in [0.1, 0.15) is 64.4 Å². The molecule has 23 heavy (non-hydrogen) atoms. The number of hydrogen-bond acceptors (Lipinski definition) is 2. The van der Waals surface area contributed by atoms with Gasteiger partial charge in [-0.15, -0.1) is 0 Å². The Balaban J connectivity index is 2.33. The molecule has 1 aliphatic heterocycles. The molecule has 2 rings (SSSR count). The molecule has 1 saturated heterocycles. The summed E-state index contributed by atoms with van der Waals surface area (Å²) in [5.74, 6) is -0.219. The minimum absolute atomic E-state index is 0.219. The summed E-state index contributed by atoms with van der Waals surface area (Å²) >= 11 is 0. The van der Waals surface area contributed by atoms with Gasteiger partial charge in [0.25, 0.3) is 0 Å². The Morgan fingerprint density at radius 3 is 2.13 bits per heavy atom. The smallest absolute Gasteiger partial charge is 0.403 e. The first kappa shape index (κ1) is 18.3. The van der Waals surface area contributed by atoms with Crippen LogP contribution in [0.3, 0.4) is 0 Å². The molecule has 0 aliphatic carbocycles. The van der Waals surface area contributed by atoms with Gasteiger partial charge in [-0.1, -0.05) is 31.5 Å². The molecule has 0 N–H and O–H groups in total. The van der Waals surface area contributed by atoms with E-state index in [1.54, 1.807) is 6.07 Å². The number of benzene rings is 1. The Bertz CT molecular complexity index is 539. The molecule has 0 spiro atoms. The highest BCUT2D eigenvalue weighted by atomic mass is 19.4. The van der Waals surface area contributed by atoms with Crippen molar-refractivity contribution in [1.29, 1.82) is 0 Å². The van der Waals surface area contributed by atoms with Gasteiger partial charge in [0.05, 0.1) is 16.8 Å². The fourth-order valence-electron chi connectivity index (χ4n) is 2.77. The SMILES string of the molecule is CCC[C@H](B1OC(C)(C)C(C)(C)O1)c1cccc(C(F)(F)F)c1. The van der Waals surface area contributed by atoms with E-state index < -0.39 is 30.1 Å². The first-order valence-corrected chi connectivity index (χ1v) is 8.01. The average Bonchev–Trinajstić information content (AvgIpc) is 2.63. The van der Waals surface area contributed by atoms with E-state index in [0.29, 0.717) is 12.0 Å². The van der Waals surface area contributed by atoms with E-state index in [-0.39, 0.29) is 5.82 Å². The summed E-state index contributed by atoms with van der Waals surface area (Å²) in [6.07, 6.45) is -2.80. The molecular formula is C17H24BF3O2. The third-order valence-electron chi connectivity index (χ3n) is 4.84. The van der Waals surface area contributed by atoms with E-state index in [1.165, 1.54) is 12.1 Å². The van der Waals surface area contributed by atoms with Crippen molar-refractivity contribution >= 4 is 7.12 Å². The largest absolute Gasteiger partial charge is 0.465 e. The van der Waals surface area contributed by atoms with Gasteiger partial charge in [-0.3, -0.25) is 0 Å². The van der Waals surface area contributed by atoms with Crippen molar-refractivity contribution in [3.05, 3.63) is 35.4 Å². The highest BCUT2D eigenvalue weighted by Crippen LogP contribution is 2.42. The molecule has 0 bridgehead atoms. The molecule has 1 aromatic rings. The predicted octanol–water partition coefficient (Wildman–Crippen LogP) is 5.22. The zero-order chi connectivity index (χ0) is 17.5. The molecule has 1 aliphatic rings. The number of hydrogen-bond donors (Lipinski definition) is 0. The van der Waals surface area contributed by atoms with E-state index in [2.05, 4.69) is 0 Å². The second-order valence-corrected chi connectivity index (χ2v) is 7.14. The van der Waals surface area contributed by atoms with Crippen LogP contribution in [0, 0.1) is 0 Å². The predicted molar refractivity (Wildman–Crippen MR) is 85.2 cm³/mol. The van der Waals surface area contributed by atoms with Crippen LogP contribution in [0.25, 0.3) is 0 Å². The summed E-state index contributed by atoms with van der Waals surface area (Å²) in [5.41, 5.74) is -1.01. The van der Waals surface area contributed by atoms with Crippen LogP contribution in [0.5, 0.6) is 0 Å². The number of rotatable bonds is 4. The van der Waals surface area contributed by atoms with Gasteiger partial charge < -0.3 is 9.31 Å². The van der Waals surface area contributed by atoms with E-state index in [0.717, 1.165) is 12.5 Å². The van der Waals surface area contributed by atoms with E-state index >= 15 is 0 Å². The molecular weight excluding hydrogens is 304 g/mol. The topological polar surface area (TPSA) is 18.5 Å². The third kappa shape index (κ3) is 3.74. The van der Waals surface area contributed by atoms with Crippen molar-refractivity contribution in [2.75, 3.05) is 0 Å². The lowest BCUT2D eigenvalue weighted by atomic mass is 9.65. The first-order valence-electron chi connectivity index (χ1n) is 8.01. The van der Waals surface area contributed by atoms with Gasteiger partial charge in [-0.25, -0.2) is 0 Å². The van der Waals surface area contributed by atoms with Crippen LogP contribution in [0.2, 0.25) is 0 Å². The molecule has 1 atom stereocenters. The first-order chi connectivity index (χ1) is 10.5. The number of halogens is 3. The van der Waals surface area contributed by atoms with Crippen LogP contribution in [-0.2, 0) is 15.5 Å². The van der Waals surface area contributed by atoms with Crippen molar-refractivity contribution in [1.82, 2.24) is 0 Å². The third-order valence-corrected chi connectivity index (χ3v) is 4.84. The molecule has 0 saturated carbocycles. The molecule has 128 valence electrons. The van der Waals surface area contributed by atoms with Gasteiger partial charge in [0, 0.05) is 5.82 Å². The van der Waals surface area contributed by atoms with Crippen LogP contribution >= 0.6 is 0 Å². The Hall–Kier alpha value is -1.01. The summed E-state index contributed by atoms with van der Waals surface area (Å²) in [6, 6.07) is 5.48. The minimum Gasteiger partial charge on any atom is -0.403 e. The maximum absolute atomic E-state index is 13.0. The van der Waals surface area contributed by atoms with Crippen molar-refractivity contribution < 1.29 is 22.5 Å². The summed E-state index contributed by atoms with van der Waals surface area (Å²) in [7, 11) is -0.538.